The molecule has 0 spiro atoms. The molecule has 1 fully saturated rings. The van der Waals surface area contributed by atoms with E-state index in [1.807, 2.05) is 0 Å². The Morgan fingerprint density at radius 2 is 1.86 bits per heavy atom. The third-order valence-corrected chi connectivity index (χ3v) is 2.80. The van der Waals surface area contributed by atoms with Gasteiger partial charge in [-0.25, -0.2) is 0 Å². The lowest BCUT2D eigenvalue weighted by molar-refractivity contribution is 0.182. The maximum atomic E-state index is 11.9. The average molecular weight is 200 g/mol. The van der Waals surface area contributed by atoms with Gasteiger partial charge in [0.2, 0.25) is 0 Å². The predicted octanol–water partition coefficient (Wildman–Crippen LogP) is 1.89. The van der Waals surface area contributed by atoms with Crippen LogP contribution in [0.1, 0.15) is 19.3 Å². The van der Waals surface area contributed by atoms with E-state index in [4.69, 9.17) is 0 Å². The number of rotatable bonds is 5. The van der Waals surface area contributed by atoms with Crippen LogP contribution in [0.25, 0.3) is 0 Å². The highest BCUT2D eigenvalue weighted by Gasteiger charge is 2.14. The van der Waals surface area contributed by atoms with Crippen LogP contribution in [0.3, 0.4) is 0 Å². The molecule has 0 amide bonds. The van der Waals surface area contributed by atoms with Gasteiger partial charge in [0.25, 0.3) is 0 Å². The molecule has 0 aliphatic carbocycles. The minimum absolute atomic E-state index is 0.198. The van der Waals surface area contributed by atoms with E-state index in [-0.39, 0.29) is 6.67 Å². The van der Waals surface area contributed by atoms with Gasteiger partial charge in [0.05, 0.1) is 6.67 Å². The number of piperazine rings is 1. The molecule has 1 aliphatic heterocycles. The molecule has 0 atom stereocenters. The predicted molar refractivity (Wildman–Crippen MR) is 58.0 cm³/mol. The monoisotopic (exact) mass is 200 g/mol. The van der Waals surface area contributed by atoms with Gasteiger partial charge in [0.15, 0.2) is 0 Å². The van der Waals surface area contributed by atoms with E-state index in [0.29, 0.717) is 6.42 Å². The molecule has 1 aliphatic rings. The molecule has 0 aromatic heterocycles. The molecule has 0 aromatic carbocycles. The van der Waals surface area contributed by atoms with Gasteiger partial charge in [-0.15, -0.1) is 0 Å². The topological polar surface area (TPSA) is 6.48 Å². The first-order valence-electron chi connectivity index (χ1n) is 5.41. The van der Waals surface area contributed by atoms with Crippen LogP contribution in [-0.2, 0) is 0 Å². The van der Waals surface area contributed by atoms with Crippen molar-refractivity contribution in [2.24, 2.45) is 0 Å². The van der Waals surface area contributed by atoms with Crippen molar-refractivity contribution in [3.63, 3.8) is 0 Å². The summed E-state index contributed by atoms with van der Waals surface area (Å²) in [5, 5.41) is 0. The zero-order valence-electron chi connectivity index (χ0n) is 9.14. The fraction of sp³-hybridized carbons (Fsp3) is 0.818. The van der Waals surface area contributed by atoms with Crippen molar-refractivity contribution in [1.29, 1.82) is 0 Å². The SMILES string of the molecule is C=C(CCCCF)N1CCN(C)CC1. The van der Waals surface area contributed by atoms with E-state index in [1.165, 1.54) is 5.70 Å². The number of alkyl halides is 1. The average Bonchev–Trinajstić information content (AvgIpc) is 2.19. The van der Waals surface area contributed by atoms with Gasteiger partial charge in [0.1, 0.15) is 0 Å². The number of allylic oxidation sites excluding steroid dienone is 1. The number of halogens is 1. The first kappa shape index (κ1) is 11.5. The first-order chi connectivity index (χ1) is 6.74. The molecule has 14 heavy (non-hydrogen) atoms. The van der Waals surface area contributed by atoms with Crippen molar-refractivity contribution in [3.05, 3.63) is 12.3 Å². The molecule has 0 unspecified atom stereocenters. The van der Waals surface area contributed by atoms with Crippen molar-refractivity contribution in [2.75, 3.05) is 39.9 Å². The standard InChI is InChI=1S/C11H21FN2/c1-11(5-3-4-6-12)14-9-7-13(2)8-10-14/h1,3-10H2,2H3. The maximum absolute atomic E-state index is 11.9. The maximum Gasteiger partial charge on any atom is 0.0894 e. The molecule has 0 aromatic rings. The summed E-state index contributed by atoms with van der Waals surface area (Å²) in [6.45, 7) is 8.24. The number of nitrogens with zero attached hydrogens (tertiary/aromatic N) is 2. The first-order valence-corrected chi connectivity index (χ1v) is 5.41. The molecule has 0 bridgehead atoms. The van der Waals surface area contributed by atoms with Crippen molar-refractivity contribution in [1.82, 2.24) is 9.80 Å². The van der Waals surface area contributed by atoms with Gasteiger partial charge in [-0.05, 0) is 26.3 Å². The summed E-state index contributed by atoms with van der Waals surface area (Å²) in [5.74, 6) is 0. The minimum atomic E-state index is -0.198. The van der Waals surface area contributed by atoms with Gasteiger partial charge in [-0.3, -0.25) is 4.39 Å². The second-order valence-electron chi connectivity index (χ2n) is 4.00. The molecule has 3 heteroatoms. The molecule has 1 rings (SSSR count). The Bertz CT molecular complexity index is 174. The zero-order chi connectivity index (χ0) is 10.4. The molecule has 1 heterocycles. The number of hydrogen-bond donors (Lipinski definition) is 0. The van der Waals surface area contributed by atoms with Gasteiger partial charge in [-0.1, -0.05) is 6.58 Å². The molecular formula is C11H21FN2. The molecule has 82 valence electrons. The van der Waals surface area contributed by atoms with Crippen molar-refractivity contribution >= 4 is 0 Å². The van der Waals surface area contributed by atoms with Crippen LogP contribution in [0.2, 0.25) is 0 Å². The Kier molecular flexibility index (Phi) is 4.94. The third kappa shape index (κ3) is 3.66. The Morgan fingerprint density at radius 1 is 1.21 bits per heavy atom. The highest BCUT2D eigenvalue weighted by atomic mass is 19.1. The lowest BCUT2D eigenvalue weighted by Crippen LogP contribution is -2.43. The van der Waals surface area contributed by atoms with Gasteiger partial charge >= 0.3 is 0 Å². The minimum Gasteiger partial charge on any atom is -0.373 e. The van der Waals surface area contributed by atoms with E-state index in [1.54, 1.807) is 0 Å². The zero-order valence-corrected chi connectivity index (χ0v) is 9.14. The summed E-state index contributed by atoms with van der Waals surface area (Å²) in [6.07, 6.45) is 2.56. The second-order valence-corrected chi connectivity index (χ2v) is 4.00. The fourth-order valence-corrected chi connectivity index (χ4v) is 1.70. The summed E-state index contributed by atoms with van der Waals surface area (Å²) in [6, 6.07) is 0. The molecule has 0 radical (unpaired) electrons. The van der Waals surface area contributed by atoms with E-state index in [0.717, 1.165) is 39.0 Å². The van der Waals surface area contributed by atoms with Crippen LogP contribution in [0.4, 0.5) is 4.39 Å². The van der Waals surface area contributed by atoms with Crippen LogP contribution < -0.4 is 0 Å². The molecule has 0 saturated carbocycles. The van der Waals surface area contributed by atoms with E-state index in [2.05, 4.69) is 23.4 Å². The Hall–Kier alpha value is -0.570. The third-order valence-electron chi connectivity index (χ3n) is 2.80. The summed E-state index contributed by atoms with van der Waals surface area (Å²) in [4.78, 5) is 4.66. The normalized spacial score (nSPS) is 18.6. The van der Waals surface area contributed by atoms with Gasteiger partial charge < -0.3 is 9.80 Å². The van der Waals surface area contributed by atoms with Gasteiger partial charge in [-0.2, -0.15) is 0 Å². The van der Waals surface area contributed by atoms with Gasteiger partial charge in [0, 0.05) is 31.9 Å². The van der Waals surface area contributed by atoms with Crippen molar-refractivity contribution in [3.8, 4) is 0 Å². The van der Waals surface area contributed by atoms with Crippen LogP contribution >= 0.6 is 0 Å². The van der Waals surface area contributed by atoms with Crippen molar-refractivity contribution < 1.29 is 4.39 Å². The number of hydrogen-bond acceptors (Lipinski definition) is 2. The number of likely N-dealkylation sites (N-methyl/N-ethyl adjacent to an activating group) is 1. The van der Waals surface area contributed by atoms with E-state index >= 15 is 0 Å². The molecular weight excluding hydrogens is 179 g/mol. The summed E-state index contributed by atoms with van der Waals surface area (Å²) in [7, 11) is 2.14. The summed E-state index contributed by atoms with van der Waals surface area (Å²) < 4.78 is 11.9. The smallest absolute Gasteiger partial charge is 0.0894 e. The lowest BCUT2D eigenvalue weighted by atomic mass is 10.2. The largest absolute Gasteiger partial charge is 0.373 e. The Balaban J connectivity index is 2.17. The summed E-state index contributed by atoms with van der Waals surface area (Å²) in [5.41, 5.74) is 1.19. The summed E-state index contributed by atoms with van der Waals surface area (Å²) >= 11 is 0. The van der Waals surface area contributed by atoms with Crippen LogP contribution in [0, 0.1) is 0 Å². The van der Waals surface area contributed by atoms with Crippen molar-refractivity contribution in [2.45, 2.75) is 19.3 Å². The fourth-order valence-electron chi connectivity index (χ4n) is 1.70. The lowest BCUT2D eigenvalue weighted by Gasteiger charge is -2.35. The highest BCUT2D eigenvalue weighted by molar-refractivity contribution is 4.95. The number of unbranched alkanes of at least 4 members (excludes halogenated alkanes) is 1. The second kappa shape index (κ2) is 6.02. The van der Waals surface area contributed by atoms with E-state index in [9.17, 15) is 4.39 Å². The van der Waals surface area contributed by atoms with E-state index < -0.39 is 0 Å². The van der Waals surface area contributed by atoms with Crippen LogP contribution in [-0.4, -0.2) is 49.7 Å². The molecule has 0 N–H and O–H groups in total. The Labute approximate surface area is 86.4 Å². The Morgan fingerprint density at radius 3 is 2.43 bits per heavy atom. The highest BCUT2D eigenvalue weighted by Crippen LogP contribution is 2.13. The van der Waals surface area contributed by atoms with Crippen LogP contribution in [0.15, 0.2) is 12.3 Å². The molecule has 1 saturated heterocycles. The quantitative estimate of drug-likeness (QED) is 0.625. The van der Waals surface area contributed by atoms with Crippen LogP contribution in [0.5, 0.6) is 0 Å². The molecule has 2 nitrogen and oxygen atoms in total.